The lowest BCUT2D eigenvalue weighted by molar-refractivity contribution is -0.127. The predicted molar refractivity (Wildman–Crippen MR) is 85.3 cm³/mol. The van der Waals surface area contributed by atoms with E-state index in [4.69, 9.17) is 0 Å². The largest absolute Gasteiger partial charge is 0.508 e. The van der Waals surface area contributed by atoms with Gasteiger partial charge >= 0.3 is 0 Å². The number of phenols is 1. The summed E-state index contributed by atoms with van der Waals surface area (Å²) in [4.78, 5) is 12.0. The Hall–Kier alpha value is -2.33. The van der Waals surface area contributed by atoms with Crippen LogP contribution in [0.5, 0.6) is 5.75 Å². The minimum Gasteiger partial charge on any atom is -0.508 e. The van der Waals surface area contributed by atoms with E-state index in [1.807, 2.05) is 30.3 Å². The van der Waals surface area contributed by atoms with Gasteiger partial charge in [-0.1, -0.05) is 42.5 Å². The van der Waals surface area contributed by atoms with Crippen molar-refractivity contribution in [1.82, 2.24) is 5.32 Å². The third-order valence-corrected chi connectivity index (χ3v) is 3.38. The lowest BCUT2D eigenvalue weighted by Gasteiger charge is -2.25. The number of rotatable bonds is 6. The summed E-state index contributed by atoms with van der Waals surface area (Å²) in [6, 6.07) is 16.3. The van der Waals surface area contributed by atoms with Crippen LogP contribution in [-0.4, -0.2) is 21.8 Å². The molecule has 0 heterocycles. The zero-order valence-electron chi connectivity index (χ0n) is 12.6. The van der Waals surface area contributed by atoms with Crippen molar-refractivity contribution < 1.29 is 15.0 Å². The van der Waals surface area contributed by atoms with Crippen molar-refractivity contribution in [2.24, 2.45) is 0 Å². The minimum absolute atomic E-state index is 0.200. The molecule has 4 nitrogen and oxygen atoms in total. The van der Waals surface area contributed by atoms with E-state index in [-0.39, 0.29) is 18.1 Å². The van der Waals surface area contributed by atoms with Crippen LogP contribution in [-0.2, 0) is 17.6 Å². The summed E-state index contributed by atoms with van der Waals surface area (Å²) in [7, 11) is 0. The second kappa shape index (κ2) is 7.09. The van der Waals surface area contributed by atoms with Crippen molar-refractivity contribution in [3.63, 3.8) is 0 Å². The van der Waals surface area contributed by atoms with E-state index in [2.05, 4.69) is 5.32 Å². The molecule has 0 radical (unpaired) electrons. The summed E-state index contributed by atoms with van der Waals surface area (Å²) in [5.74, 6) is 0.00741. The van der Waals surface area contributed by atoms with Gasteiger partial charge in [-0.05, 0) is 36.6 Å². The number of carbonyl (C=O) groups is 1. The van der Waals surface area contributed by atoms with Crippen molar-refractivity contribution in [3.8, 4) is 5.75 Å². The number of phenolic OH excluding ortho intramolecular Hbond substituents is 1. The van der Waals surface area contributed by atoms with Gasteiger partial charge < -0.3 is 15.5 Å². The number of amides is 1. The Bertz CT molecular complexity index is 606. The van der Waals surface area contributed by atoms with Crippen LogP contribution in [0, 0.1) is 0 Å². The highest BCUT2D eigenvalue weighted by atomic mass is 16.3. The summed E-state index contributed by atoms with van der Waals surface area (Å²) in [6.07, 6.45) is 1.21. The Labute approximate surface area is 130 Å². The third kappa shape index (κ3) is 5.22. The lowest BCUT2D eigenvalue weighted by atomic mass is 10.0. The Morgan fingerprint density at radius 2 is 1.68 bits per heavy atom. The monoisotopic (exact) mass is 299 g/mol. The van der Waals surface area contributed by atoms with E-state index in [0.29, 0.717) is 12.8 Å². The maximum absolute atomic E-state index is 12.0. The highest BCUT2D eigenvalue weighted by molar-refractivity contribution is 5.76. The molecule has 0 saturated carbocycles. The van der Waals surface area contributed by atoms with Crippen LogP contribution in [0.3, 0.4) is 0 Å². The Balaban J connectivity index is 1.83. The van der Waals surface area contributed by atoms with Gasteiger partial charge in [0.2, 0.25) is 5.91 Å². The molecule has 2 rings (SSSR count). The first-order chi connectivity index (χ1) is 10.4. The van der Waals surface area contributed by atoms with Crippen molar-refractivity contribution in [2.45, 2.75) is 31.9 Å². The van der Waals surface area contributed by atoms with Gasteiger partial charge in [0.05, 0.1) is 0 Å². The molecule has 0 aliphatic carbocycles. The quantitative estimate of drug-likeness (QED) is 0.717. The molecule has 22 heavy (non-hydrogen) atoms. The molecule has 0 aromatic heterocycles. The van der Waals surface area contributed by atoms with Crippen molar-refractivity contribution in [1.29, 1.82) is 0 Å². The number of aliphatic hydroxyl groups is 1. The number of benzene rings is 2. The fourth-order valence-corrected chi connectivity index (χ4v) is 2.32. The molecule has 2 aromatic carbocycles. The highest BCUT2D eigenvalue weighted by Crippen LogP contribution is 2.13. The number of carbonyl (C=O) groups excluding carboxylic acids is 1. The Kier molecular flexibility index (Phi) is 5.17. The molecule has 4 heteroatoms. The average Bonchev–Trinajstić information content (AvgIpc) is 2.46. The summed E-state index contributed by atoms with van der Waals surface area (Å²) in [5.41, 5.74) is 0.662. The normalized spacial score (nSPS) is 13.4. The molecular weight excluding hydrogens is 278 g/mol. The van der Waals surface area contributed by atoms with Gasteiger partial charge in [-0.3, -0.25) is 4.79 Å². The molecule has 0 saturated heterocycles. The van der Waals surface area contributed by atoms with Crippen molar-refractivity contribution in [3.05, 3.63) is 65.7 Å². The molecule has 1 atom stereocenters. The smallest absolute Gasteiger partial charge is 0.222 e. The average molecular weight is 299 g/mol. The summed E-state index contributed by atoms with van der Waals surface area (Å²) >= 11 is 0. The van der Waals surface area contributed by atoms with Gasteiger partial charge in [0.1, 0.15) is 11.5 Å². The van der Waals surface area contributed by atoms with Crippen molar-refractivity contribution in [2.75, 3.05) is 0 Å². The fourth-order valence-electron chi connectivity index (χ4n) is 2.32. The molecule has 1 amide bonds. The second-order valence-electron chi connectivity index (χ2n) is 5.65. The van der Waals surface area contributed by atoms with E-state index >= 15 is 0 Å². The van der Waals surface area contributed by atoms with E-state index in [1.54, 1.807) is 31.2 Å². The fraction of sp³-hybridized carbons (Fsp3) is 0.278. The number of hydrogen-bond acceptors (Lipinski definition) is 3. The lowest BCUT2D eigenvalue weighted by Crippen LogP contribution is -2.47. The maximum Gasteiger partial charge on any atom is 0.222 e. The SMILES string of the molecule is CC(O)(Cc1ccccc1)NC(=O)CCc1ccc(O)cc1. The highest BCUT2D eigenvalue weighted by Gasteiger charge is 2.22. The molecular formula is C18H21NO3. The van der Waals surface area contributed by atoms with Crippen LogP contribution >= 0.6 is 0 Å². The molecule has 0 aliphatic rings. The molecule has 2 aromatic rings. The molecule has 0 fully saturated rings. The van der Waals surface area contributed by atoms with E-state index in [1.165, 1.54) is 0 Å². The van der Waals surface area contributed by atoms with Crippen LogP contribution < -0.4 is 5.32 Å². The van der Waals surface area contributed by atoms with Crippen LogP contribution in [0.2, 0.25) is 0 Å². The standard InChI is InChI=1S/C18H21NO3/c1-18(22,13-15-5-3-2-4-6-15)19-17(21)12-9-14-7-10-16(20)11-8-14/h2-8,10-11,20,22H,9,12-13H2,1H3,(H,19,21). The third-order valence-electron chi connectivity index (χ3n) is 3.38. The molecule has 0 aliphatic heterocycles. The number of hydrogen-bond donors (Lipinski definition) is 3. The van der Waals surface area contributed by atoms with Crippen molar-refractivity contribution >= 4 is 5.91 Å². The van der Waals surface area contributed by atoms with Gasteiger partial charge in [-0.25, -0.2) is 0 Å². The van der Waals surface area contributed by atoms with E-state index in [0.717, 1.165) is 11.1 Å². The minimum atomic E-state index is -1.27. The van der Waals surface area contributed by atoms with Gasteiger partial charge in [0.15, 0.2) is 0 Å². The van der Waals surface area contributed by atoms with E-state index < -0.39 is 5.72 Å². The number of aromatic hydroxyl groups is 1. The first-order valence-corrected chi connectivity index (χ1v) is 7.30. The summed E-state index contributed by atoms with van der Waals surface area (Å²) in [5, 5.41) is 22.2. The van der Waals surface area contributed by atoms with Crippen LogP contribution in [0.25, 0.3) is 0 Å². The van der Waals surface area contributed by atoms with E-state index in [9.17, 15) is 15.0 Å². The topological polar surface area (TPSA) is 69.6 Å². The zero-order valence-corrected chi connectivity index (χ0v) is 12.6. The van der Waals surface area contributed by atoms with Gasteiger partial charge in [0.25, 0.3) is 0 Å². The molecule has 0 spiro atoms. The first-order valence-electron chi connectivity index (χ1n) is 7.30. The predicted octanol–water partition coefficient (Wildman–Crippen LogP) is 2.39. The molecule has 116 valence electrons. The van der Waals surface area contributed by atoms with Crippen LogP contribution in [0.1, 0.15) is 24.5 Å². The molecule has 0 bridgehead atoms. The van der Waals surface area contributed by atoms with Crippen LogP contribution in [0.4, 0.5) is 0 Å². The second-order valence-corrected chi connectivity index (χ2v) is 5.65. The van der Waals surface area contributed by atoms with Gasteiger partial charge in [-0.2, -0.15) is 0 Å². The zero-order chi connectivity index (χ0) is 16.0. The Morgan fingerprint density at radius 3 is 2.32 bits per heavy atom. The summed E-state index contributed by atoms with van der Waals surface area (Å²) in [6.45, 7) is 1.60. The molecule has 3 N–H and O–H groups in total. The molecule has 1 unspecified atom stereocenters. The Morgan fingerprint density at radius 1 is 1.05 bits per heavy atom. The van der Waals surface area contributed by atoms with Crippen LogP contribution in [0.15, 0.2) is 54.6 Å². The summed E-state index contributed by atoms with van der Waals surface area (Å²) < 4.78 is 0. The number of nitrogens with one attached hydrogen (secondary N) is 1. The van der Waals surface area contributed by atoms with Gasteiger partial charge in [-0.15, -0.1) is 0 Å². The first kappa shape index (κ1) is 16.0. The van der Waals surface area contributed by atoms with Gasteiger partial charge in [0, 0.05) is 12.8 Å². The number of aryl methyl sites for hydroxylation is 1. The maximum atomic E-state index is 12.0.